The van der Waals surface area contributed by atoms with Gasteiger partial charge in [0.05, 0.1) is 7.11 Å². The average molecular weight is 463 g/mol. The summed E-state index contributed by atoms with van der Waals surface area (Å²) in [7, 11) is 1.56. The van der Waals surface area contributed by atoms with Crippen LogP contribution >= 0.6 is 0 Å². The van der Waals surface area contributed by atoms with Crippen molar-refractivity contribution in [3.63, 3.8) is 0 Å². The van der Waals surface area contributed by atoms with Crippen LogP contribution in [-0.2, 0) is 0 Å². The minimum Gasteiger partial charge on any atom is -0.497 e. The molecular weight excluding hydrogens is 442 g/mol. The van der Waals surface area contributed by atoms with E-state index in [9.17, 15) is 9.59 Å². The van der Waals surface area contributed by atoms with Crippen LogP contribution in [0.25, 0.3) is 22.2 Å². The number of amides is 2. The van der Waals surface area contributed by atoms with Crippen molar-refractivity contribution in [3.05, 3.63) is 103 Å². The van der Waals surface area contributed by atoms with Gasteiger partial charge in [-0.05, 0) is 36.4 Å². The minimum atomic E-state index is -0.430. The van der Waals surface area contributed by atoms with E-state index in [1.165, 1.54) is 0 Å². The summed E-state index contributed by atoms with van der Waals surface area (Å²) in [6, 6.07) is 19.1. The van der Waals surface area contributed by atoms with E-state index in [-0.39, 0.29) is 5.78 Å². The Labute approximate surface area is 201 Å². The first kappa shape index (κ1) is 21.8. The third-order valence-electron chi connectivity index (χ3n) is 5.48. The molecular formula is C27H21N5O3. The highest BCUT2D eigenvalue weighted by atomic mass is 16.5. The maximum atomic E-state index is 13.4. The molecule has 172 valence electrons. The van der Waals surface area contributed by atoms with E-state index in [2.05, 4.69) is 25.6 Å². The minimum absolute atomic E-state index is 0.182. The topological polar surface area (TPSA) is 109 Å². The first-order valence-corrected chi connectivity index (χ1v) is 10.8. The highest BCUT2D eigenvalue weighted by Crippen LogP contribution is 2.26. The van der Waals surface area contributed by atoms with E-state index >= 15 is 0 Å². The summed E-state index contributed by atoms with van der Waals surface area (Å²) in [5.41, 5.74) is 4.41. The number of urea groups is 1. The molecule has 0 radical (unpaired) electrons. The van der Waals surface area contributed by atoms with Crippen LogP contribution < -0.4 is 15.4 Å². The van der Waals surface area contributed by atoms with Crippen molar-refractivity contribution >= 4 is 34.2 Å². The number of ether oxygens (including phenoxy) is 1. The predicted molar refractivity (Wildman–Crippen MR) is 135 cm³/mol. The van der Waals surface area contributed by atoms with E-state index in [4.69, 9.17) is 4.74 Å². The Morgan fingerprint density at radius 2 is 1.69 bits per heavy atom. The Bertz CT molecular complexity index is 1530. The van der Waals surface area contributed by atoms with Crippen molar-refractivity contribution in [1.29, 1.82) is 0 Å². The van der Waals surface area contributed by atoms with Crippen LogP contribution in [0.1, 0.15) is 15.9 Å². The molecule has 35 heavy (non-hydrogen) atoms. The van der Waals surface area contributed by atoms with Gasteiger partial charge in [0.1, 0.15) is 11.4 Å². The second-order valence-electron chi connectivity index (χ2n) is 7.79. The molecule has 3 heterocycles. The standard InChI is InChI=1S/C27H21N5O3/c1-35-22-9-3-8-21(13-22)32-27(34)31-20-7-2-5-17(11-20)25(33)24-16-30-26-23(24)12-19(15-29-26)18-6-4-10-28-14-18/h2-16H,1H3,(H,29,30)(H2,31,32,34). The summed E-state index contributed by atoms with van der Waals surface area (Å²) in [6.07, 6.45) is 6.86. The van der Waals surface area contributed by atoms with Gasteiger partial charge in [-0.2, -0.15) is 0 Å². The van der Waals surface area contributed by atoms with Crippen LogP contribution in [0.5, 0.6) is 5.75 Å². The zero-order chi connectivity index (χ0) is 24.2. The second-order valence-corrected chi connectivity index (χ2v) is 7.79. The summed E-state index contributed by atoms with van der Waals surface area (Å²) in [6.45, 7) is 0. The quantitative estimate of drug-likeness (QED) is 0.288. The first-order chi connectivity index (χ1) is 17.1. The van der Waals surface area contributed by atoms with Gasteiger partial charge in [-0.15, -0.1) is 0 Å². The summed E-state index contributed by atoms with van der Waals surface area (Å²) in [5, 5.41) is 6.23. The number of rotatable bonds is 6. The maximum absolute atomic E-state index is 13.4. The number of anilines is 2. The first-order valence-electron chi connectivity index (χ1n) is 10.8. The number of fused-ring (bicyclic) bond motifs is 1. The molecule has 0 fully saturated rings. The van der Waals surface area contributed by atoms with Gasteiger partial charge in [-0.25, -0.2) is 9.78 Å². The highest BCUT2D eigenvalue weighted by Gasteiger charge is 2.16. The molecule has 0 bridgehead atoms. The molecule has 5 aromatic rings. The lowest BCUT2D eigenvalue weighted by Gasteiger charge is -2.10. The van der Waals surface area contributed by atoms with E-state index < -0.39 is 6.03 Å². The molecule has 0 saturated carbocycles. The largest absolute Gasteiger partial charge is 0.497 e. The Kier molecular flexibility index (Phi) is 5.92. The smallest absolute Gasteiger partial charge is 0.323 e. The van der Waals surface area contributed by atoms with Gasteiger partial charge in [0.25, 0.3) is 0 Å². The normalized spacial score (nSPS) is 10.7. The molecule has 2 aromatic carbocycles. The van der Waals surface area contributed by atoms with Gasteiger partial charge in [-0.3, -0.25) is 9.78 Å². The number of ketones is 1. The lowest BCUT2D eigenvalue weighted by atomic mass is 10.0. The molecule has 0 aliphatic rings. The highest BCUT2D eigenvalue weighted by molar-refractivity contribution is 6.16. The van der Waals surface area contributed by atoms with Gasteiger partial charge in [0.2, 0.25) is 0 Å². The number of benzene rings is 2. The van der Waals surface area contributed by atoms with E-state index in [1.807, 2.05) is 18.2 Å². The van der Waals surface area contributed by atoms with Crippen molar-refractivity contribution < 1.29 is 14.3 Å². The fourth-order valence-electron chi connectivity index (χ4n) is 3.77. The predicted octanol–water partition coefficient (Wildman–Crippen LogP) is 5.51. The van der Waals surface area contributed by atoms with Gasteiger partial charge in [0.15, 0.2) is 5.78 Å². The molecule has 5 rings (SSSR count). The van der Waals surface area contributed by atoms with Crippen LogP contribution in [-0.4, -0.2) is 33.9 Å². The molecule has 8 heteroatoms. The zero-order valence-electron chi connectivity index (χ0n) is 18.8. The third-order valence-corrected chi connectivity index (χ3v) is 5.48. The molecule has 2 amide bonds. The third kappa shape index (κ3) is 4.72. The Morgan fingerprint density at radius 1 is 0.886 bits per heavy atom. The second kappa shape index (κ2) is 9.48. The fourth-order valence-corrected chi connectivity index (χ4v) is 3.77. The SMILES string of the molecule is COc1cccc(NC(=O)Nc2cccc(C(=O)c3c[nH]c4ncc(-c5cccnc5)cc34)c2)c1. The van der Waals surface area contributed by atoms with Crippen LogP contribution in [0.2, 0.25) is 0 Å². The van der Waals surface area contributed by atoms with Crippen molar-refractivity contribution in [2.45, 2.75) is 0 Å². The monoisotopic (exact) mass is 463 g/mol. The zero-order valence-corrected chi connectivity index (χ0v) is 18.8. The van der Waals surface area contributed by atoms with Gasteiger partial charge >= 0.3 is 6.03 Å². The van der Waals surface area contributed by atoms with Crippen LogP contribution in [0.15, 0.2) is 91.5 Å². The number of aromatic nitrogens is 3. The maximum Gasteiger partial charge on any atom is 0.323 e. The fraction of sp³-hybridized carbons (Fsp3) is 0.0370. The van der Waals surface area contributed by atoms with Crippen molar-refractivity contribution in [2.24, 2.45) is 0 Å². The molecule has 3 aromatic heterocycles. The van der Waals surface area contributed by atoms with E-state index in [1.54, 1.807) is 80.4 Å². The van der Waals surface area contributed by atoms with Crippen molar-refractivity contribution in [1.82, 2.24) is 15.0 Å². The van der Waals surface area contributed by atoms with Crippen LogP contribution in [0.3, 0.4) is 0 Å². The number of nitrogens with zero attached hydrogens (tertiary/aromatic N) is 2. The molecule has 0 unspecified atom stereocenters. The van der Waals surface area contributed by atoms with Crippen LogP contribution in [0.4, 0.5) is 16.2 Å². The number of carbonyl (C=O) groups is 2. The van der Waals surface area contributed by atoms with Crippen LogP contribution in [0, 0.1) is 0 Å². The van der Waals surface area contributed by atoms with E-state index in [0.717, 1.165) is 11.1 Å². The Morgan fingerprint density at radius 3 is 2.46 bits per heavy atom. The number of hydrogen-bond acceptors (Lipinski definition) is 5. The number of nitrogens with one attached hydrogen (secondary N) is 3. The molecule has 0 saturated heterocycles. The molecule has 0 aliphatic carbocycles. The molecule has 0 spiro atoms. The van der Waals surface area contributed by atoms with Gasteiger partial charge in [-0.1, -0.05) is 24.3 Å². The summed E-state index contributed by atoms with van der Waals surface area (Å²) in [5.74, 6) is 0.452. The molecule has 3 N–H and O–H groups in total. The number of carbonyl (C=O) groups excluding carboxylic acids is 2. The Balaban J connectivity index is 1.37. The van der Waals surface area contributed by atoms with Crippen molar-refractivity contribution in [3.8, 4) is 16.9 Å². The van der Waals surface area contributed by atoms with E-state index in [0.29, 0.717) is 39.3 Å². The summed E-state index contributed by atoms with van der Waals surface area (Å²) >= 11 is 0. The number of H-pyrrole nitrogens is 1. The van der Waals surface area contributed by atoms with Gasteiger partial charge in [0, 0.05) is 69.9 Å². The molecule has 0 aliphatic heterocycles. The molecule has 8 nitrogen and oxygen atoms in total. The average Bonchev–Trinajstić information content (AvgIpc) is 3.32. The lowest BCUT2D eigenvalue weighted by molar-refractivity contribution is 0.104. The summed E-state index contributed by atoms with van der Waals surface area (Å²) in [4.78, 5) is 37.5. The lowest BCUT2D eigenvalue weighted by Crippen LogP contribution is -2.19. The summed E-state index contributed by atoms with van der Waals surface area (Å²) < 4.78 is 5.18. The number of aromatic amines is 1. The Hall–Kier alpha value is -4.98. The number of pyridine rings is 2. The molecule has 0 atom stereocenters. The van der Waals surface area contributed by atoms with Crippen molar-refractivity contribution in [2.75, 3.05) is 17.7 Å². The van der Waals surface area contributed by atoms with Gasteiger partial charge < -0.3 is 20.4 Å². The number of methoxy groups -OCH3 is 1. The number of hydrogen-bond donors (Lipinski definition) is 3.